The second-order valence-electron chi connectivity index (χ2n) is 15.4. The molecule has 2 bridgehead atoms. The van der Waals surface area contributed by atoms with Gasteiger partial charge < -0.3 is 39.9 Å². The van der Waals surface area contributed by atoms with Crippen LogP contribution in [0.25, 0.3) is 53.6 Å². The molecule has 14 nitrogen and oxygen atoms in total. The SMILES string of the molecule is C.COC(=O)N[C@@H](C)C(=O)N1CCC[C@H]1c1ncc(-c2ccc3c(c2)sc2cc(-c4ccc5nc([C@@H]6[C@H]7CC[C@H](C7)N6C(=O)[C@H](C)NC(=O)OC)[nH]c5c4)ccc23)[nH]1. The number of carbonyl (C=O) groups excluding carboxylic acids is 4. The molecule has 15 heteroatoms. The average Bonchev–Trinajstić information content (AvgIpc) is 4.08. The highest BCUT2D eigenvalue weighted by Crippen LogP contribution is 2.50. The molecule has 2 aliphatic heterocycles. The third-order valence-electron chi connectivity index (χ3n) is 12.0. The number of H-pyrrole nitrogens is 2. The lowest BCUT2D eigenvalue weighted by Gasteiger charge is -2.35. The van der Waals surface area contributed by atoms with Crippen molar-refractivity contribution in [2.24, 2.45) is 5.92 Å². The fourth-order valence-corrected chi connectivity index (χ4v) is 10.3. The summed E-state index contributed by atoms with van der Waals surface area (Å²) in [5.74, 6) is 1.54. The average molecular weight is 805 g/mol. The van der Waals surface area contributed by atoms with Crippen LogP contribution in [0.3, 0.4) is 0 Å². The topological polar surface area (TPSA) is 175 Å². The Morgan fingerprint density at radius 2 is 1.47 bits per heavy atom. The molecule has 2 saturated heterocycles. The molecule has 6 aromatic rings. The largest absolute Gasteiger partial charge is 0.453 e. The Balaban J connectivity index is 0.00000469. The summed E-state index contributed by atoms with van der Waals surface area (Å²) < 4.78 is 11.7. The zero-order chi connectivity index (χ0) is 39.5. The van der Waals surface area contributed by atoms with Gasteiger partial charge in [0.05, 0.1) is 49.2 Å². The molecule has 58 heavy (non-hydrogen) atoms. The van der Waals surface area contributed by atoms with Crippen LogP contribution >= 0.6 is 11.3 Å². The van der Waals surface area contributed by atoms with Crippen molar-refractivity contribution in [3.8, 4) is 22.4 Å². The Morgan fingerprint density at radius 1 is 0.810 bits per heavy atom. The van der Waals surface area contributed by atoms with Gasteiger partial charge in [0.15, 0.2) is 0 Å². The Bertz CT molecular complexity index is 2560. The van der Waals surface area contributed by atoms with Crippen LogP contribution in [-0.4, -0.2) is 92.6 Å². The molecule has 4 N–H and O–H groups in total. The van der Waals surface area contributed by atoms with Crippen LogP contribution in [0, 0.1) is 5.92 Å². The van der Waals surface area contributed by atoms with Crippen LogP contribution in [-0.2, 0) is 19.1 Å². The summed E-state index contributed by atoms with van der Waals surface area (Å²) in [6.07, 6.45) is 5.13. The molecular formula is C43H48N8O6S. The Kier molecular flexibility index (Phi) is 10.3. The van der Waals surface area contributed by atoms with E-state index < -0.39 is 24.3 Å². The van der Waals surface area contributed by atoms with Gasteiger partial charge in [-0.15, -0.1) is 11.3 Å². The highest BCUT2D eigenvalue weighted by Gasteiger charge is 2.50. The van der Waals surface area contributed by atoms with Crippen LogP contribution in [0.4, 0.5) is 9.59 Å². The van der Waals surface area contributed by atoms with Crippen molar-refractivity contribution < 1.29 is 28.7 Å². The van der Waals surface area contributed by atoms with Gasteiger partial charge in [-0.05, 0) is 87.3 Å². The fourth-order valence-electron chi connectivity index (χ4n) is 9.17. The van der Waals surface area contributed by atoms with Crippen molar-refractivity contribution in [1.29, 1.82) is 0 Å². The number of alkyl carbamates (subject to hydrolysis) is 2. The van der Waals surface area contributed by atoms with Crippen molar-refractivity contribution in [3.05, 3.63) is 72.4 Å². The molecule has 5 heterocycles. The maximum Gasteiger partial charge on any atom is 0.407 e. The van der Waals surface area contributed by atoms with Crippen LogP contribution in [0.2, 0.25) is 0 Å². The number of imidazole rings is 2. The minimum Gasteiger partial charge on any atom is -0.453 e. The number of piperidine rings is 1. The molecule has 1 aliphatic carbocycles. The second-order valence-corrected chi connectivity index (χ2v) is 16.5. The molecule has 302 valence electrons. The van der Waals surface area contributed by atoms with Crippen LogP contribution in [0.1, 0.15) is 77.1 Å². The zero-order valence-corrected chi connectivity index (χ0v) is 32.9. The van der Waals surface area contributed by atoms with E-state index in [1.807, 2.05) is 17.2 Å². The number of ether oxygens (including phenoxy) is 2. The molecule has 6 atom stereocenters. The highest BCUT2D eigenvalue weighted by molar-refractivity contribution is 7.25. The monoisotopic (exact) mass is 804 g/mol. The molecule has 3 fully saturated rings. The van der Waals surface area contributed by atoms with Gasteiger partial charge in [0.1, 0.15) is 23.7 Å². The van der Waals surface area contributed by atoms with E-state index in [-0.39, 0.29) is 37.4 Å². The quantitative estimate of drug-likeness (QED) is 0.120. The predicted molar refractivity (Wildman–Crippen MR) is 223 cm³/mol. The molecule has 9 rings (SSSR count). The number of rotatable bonds is 8. The van der Waals surface area contributed by atoms with E-state index in [9.17, 15) is 19.2 Å². The third kappa shape index (κ3) is 6.80. The maximum atomic E-state index is 13.6. The molecule has 0 radical (unpaired) electrons. The number of nitrogens with zero attached hydrogens (tertiary/aromatic N) is 4. The van der Waals surface area contributed by atoms with Crippen LogP contribution in [0.5, 0.6) is 0 Å². The van der Waals surface area contributed by atoms with Gasteiger partial charge in [-0.25, -0.2) is 19.6 Å². The summed E-state index contributed by atoms with van der Waals surface area (Å²) in [6, 6.07) is 17.6. The summed E-state index contributed by atoms with van der Waals surface area (Å²) >= 11 is 1.74. The van der Waals surface area contributed by atoms with Crippen molar-refractivity contribution in [2.45, 2.75) is 83.6 Å². The van der Waals surface area contributed by atoms with E-state index in [1.54, 1.807) is 30.1 Å². The van der Waals surface area contributed by atoms with Crippen LogP contribution in [0.15, 0.2) is 60.8 Å². The molecule has 3 aromatic heterocycles. The lowest BCUT2D eigenvalue weighted by atomic mass is 9.97. The lowest BCUT2D eigenvalue weighted by molar-refractivity contribution is -0.137. The molecular weight excluding hydrogens is 757 g/mol. The van der Waals surface area contributed by atoms with E-state index in [4.69, 9.17) is 14.7 Å². The molecule has 3 aromatic carbocycles. The minimum atomic E-state index is -0.708. The number of thiophene rings is 1. The Morgan fingerprint density at radius 3 is 2.19 bits per heavy atom. The van der Waals surface area contributed by atoms with Gasteiger partial charge in [-0.1, -0.05) is 37.8 Å². The van der Waals surface area contributed by atoms with Crippen molar-refractivity contribution in [3.63, 3.8) is 0 Å². The minimum absolute atomic E-state index is 0. The lowest BCUT2D eigenvalue weighted by Crippen LogP contribution is -2.50. The fraction of sp³-hybridized carbons (Fsp3) is 0.395. The van der Waals surface area contributed by atoms with E-state index in [1.165, 1.54) is 29.7 Å². The number of likely N-dealkylation sites (tertiary alicyclic amines) is 2. The van der Waals surface area contributed by atoms with E-state index in [2.05, 4.69) is 73.9 Å². The summed E-state index contributed by atoms with van der Waals surface area (Å²) in [5, 5.41) is 7.58. The first kappa shape index (κ1) is 38.9. The van der Waals surface area contributed by atoms with Crippen molar-refractivity contribution in [2.75, 3.05) is 20.8 Å². The van der Waals surface area contributed by atoms with Gasteiger partial charge in [-0.2, -0.15) is 0 Å². The molecule has 0 unspecified atom stereocenters. The molecule has 0 spiro atoms. The number of methoxy groups -OCH3 is 2. The highest BCUT2D eigenvalue weighted by atomic mass is 32.1. The van der Waals surface area contributed by atoms with E-state index in [0.717, 1.165) is 81.9 Å². The maximum absolute atomic E-state index is 13.6. The van der Waals surface area contributed by atoms with Gasteiger partial charge in [0, 0.05) is 38.3 Å². The number of fused-ring (bicyclic) bond motifs is 6. The number of hydrogen-bond acceptors (Lipinski definition) is 9. The Labute approximate surface area is 339 Å². The zero-order valence-electron chi connectivity index (χ0n) is 32.1. The van der Waals surface area contributed by atoms with Crippen LogP contribution < -0.4 is 10.6 Å². The number of aromatic nitrogens is 4. The summed E-state index contributed by atoms with van der Waals surface area (Å²) in [7, 11) is 2.57. The second kappa shape index (κ2) is 15.4. The number of hydrogen-bond donors (Lipinski definition) is 4. The van der Waals surface area contributed by atoms with E-state index in [0.29, 0.717) is 12.5 Å². The normalized spacial score (nSPS) is 21.0. The predicted octanol–water partition coefficient (Wildman–Crippen LogP) is 7.83. The number of carbonyl (C=O) groups is 4. The van der Waals surface area contributed by atoms with E-state index >= 15 is 0 Å². The molecule has 1 saturated carbocycles. The van der Waals surface area contributed by atoms with Crippen molar-refractivity contribution in [1.82, 2.24) is 40.4 Å². The Hall–Kier alpha value is -5.96. The first-order chi connectivity index (χ1) is 27.6. The van der Waals surface area contributed by atoms with Gasteiger partial charge in [0.2, 0.25) is 11.8 Å². The molecule has 3 aliphatic rings. The summed E-state index contributed by atoms with van der Waals surface area (Å²) in [6.45, 7) is 3.95. The summed E-state index contributed by atoms with van der Waals surface area (Å²) in [4.78, 5) is 70.8. The number of aromatic amines is 2. The molecule has 4 amide bonds. The van der Waals surface area contributed by atoms with Gasteiger partial charge in [0.25, 0.3) is 0 Å². The van der Waals surface area contributed by atoms with Gasteiger partial charge >= 0.3 is 12.2 Å². The smallest absolute Gasteiger partial charge is 0.407 e. The number of nitrogens with one attached hydrogen (secondary N) is 4. The third-order valence-corrected chi connectivity index (χ3v) is 13.1. The number of benzene rings is 3. The standard InChI is InChI=1S/C42H44N8O6S.CH4/c1-21(44-41(53)55-3)39(51)49-15-5-6-33(49)37-43-20-32(48-37)25-9-13-29-28-12-8-24(18-34(28)57-35(29)19-25)23-10-14-30-31(17-23)47-38(46-30)36-26-7-11-27(16-26)50(36)40(52)22(2)45-42(54)56-4;/h8-10,12-14,17-22,26-27,33,36H,5-7,11,15-16H2,1-4H3,(H,43,48)(H,44,53)(H,45,54)(H,46,47);1H4/t21-,22-,26-,27+,33-,36-;/m0./s1. The number of amides is 4. The first-order valence-corrected chi connectivity index (χ1v) is 20.2. The summed E-state index contributed by atoms with van der Waals surface area (Å²) in [5.41, 5.74) is 5.80. The first-order valence-electron chi connectivity index (χ1n) is 19.4. The van der Waals surface area contributed by atoms with Gasteiger partial charge in [-0.3, -0.25) is 9.59 Å². The van der Waals surface area contributed by atoms with Crippen molar-refractivity contribution >= 4 is 66.5 Å².